The van der Waals surface area contributed by atoms with E-state index in [9.17, 15) is 22.4 Å². The molecule has 0 aromatic heterocycles. The van der Waals surface area contributed by atoms with Crippen molar-refractivity contribution in [2.24, 2.45) is 0 Å². The molecule has 2 atom stereocenters. The van der Waals surface area contributed by atoms with Gasteiger partial charge in [-0.05, 0) is 73.9 Å². The Morgan fingerprint density at radius 1 is 0.925 bits per heavy atom. The van der Waals surface area contributed by atoms with E-state index in [0.717, 1.165) is 4.31 Å². The summed E-state index contributed by atoms with van der Waals surface area (Å²) in [5, 5.41) is 2.93. The van der Waals surface area contributed by atoms with Crippen molar-refractivity contribution in [3.05, 3.63) is 90.2 Å². The molecule has 0 aliphatic heterocycles. The Kier molecular flexibility index (Phi) is 10.7. The minimum absolute atomic E-state index is 0.00322. The van der Waals surface area contributed by atoms with E-state index in [1.807, 2.05) is 13.8 Å². The number of hydrogen-bond donors (Lipinski definition) is 1. The van der Waals surface area contributed by atoms with Crippen LogP contribution in [0.5, 0.6) is 5.75 Å². The number of anilines is 1. The van der Waals surface area contributed by atoms with Crippen molar-refractivity contribution < 1.29 is 27.1 Å². The van der Waals surface area contributed by atoms with Crippen LogP contribution in [0.3, 0.4) is 0 Å². The number of methoxy groups -OCH3 is 1. The predicted octanol–water partition coefficient (Wildman–Crippen LogP) is 4.75. The standard InChI is InChI=1S/C30H36FN3O5S/c1-5-22(3)32-30(36)28(6-2)33(20-23-12-14-24(31)15-13-23)29(35)21-34(25-10-8-7-9-11-25)40(37,38)27-18-16-26(39-4)17-19-27/h7-19,22,28H,5-6,20-21H2,1-4H3,(H,32,36)/t22-,28-/m0/s1. The van der Waals surface area contributed by atoms with Crippen molar-refractivity contribution in [3.63, 3.8) is 0 Å². The first-order valence-corrected chi connectivity index (χ1v) is 14.6. The number of sulfonamides is 1. The van der Waals surface area contributed by atoms with Crippen molar-refractivity contribution in [3.8, 4) is 5.75 Å². The van der Waals surface area contributed by atoms with E-state index in [1.54, 1.807) is 37.3 Å². The maximum atomic E-state index is 14.0. The van der Waals surface area contributed by atoms with E-state index in [1.165, 1.54) is 60.5 Å². The molecule has 0 radical (unpaired) electrons. The zero-order valence-corrected chi connectivity index (χ0v) is 24.0. The number of nitrogens with zero attached hydrogens (tertiary/aromatic N) is 2. The zero-order valence-electron chi connectivity index (χ0n) is 23.2. The summed E-state index contributed by atoms with van der Waals surface area (Å²) in [4.78, 5) is 28.6. The van der Waals surface area contributed by atoms with Gasteiger partial charge in [-0.25, -0.2) is 12.8 Å². The smallest absolute Gasteiger partial charge is 0.264 e. The zero-order chi connectivity index (χ0) is 29.3. The lowest BCUT2D eigenvalue weighted by molar-refractivity contribution is -0.140. The highest BCUT2D eigenvalue weighted by atomic mass is 32.2. The lowest BCUT2D eigenvalue weighted by atomic mass is 10.1. The topological polar surface area (TPSA) is 96.0 Å². The third-order valence-corrected chi connectivity index (χ3v) is 8.41. The number of hydrogen-bond acceptors (Lipinski definition) is 5. The summed E-state index contributed by atoms with van der Waals surface area (Å²) in [7, 11) is -2.70. The molecule has 3 aromatic carbocycles. The second-order valence-electron chi connectivity index (χ2n) is 9.41. The number of rotatable bonds is 13. The third kappa shape index (κ3) is 7.59. The van der Waals surface area contributed by atoms with E-state index in [4.69, 9.17) is 4.74 Å². The number of amides is 2. The lowest BCUT2D eigenvalue weighted by Crippen LogP contribution is -2.53. The molecule has 0 aliphatic rings. The maximum Gasteiger partial charge on any atom is 0.264 e. The van der Waals surface area contributed by atoms with Gasteiger partial charge in [-0.3, -0.25) is 13.9 Å². The van der Waals surface area contributed by atoms with Crippen LogP contribution in [0.4, 0.5) is 10.1 Å². The van der Waals surface area contributed by atoms with Crippen LogP contribution in [-0.2, 0) is 26.2 Å². The van der Waals surface area contributed by atoms with E-state index in [2.05, 4.69) is 5.32 Å². The molecule has 40 heavy (non-hydrogen) atoms. The number of carbonyl (C=O) groups is 2. The third-order valence-electron chi connectivity index (χ3n) is 6.62. The Labute approximate surface area is 235 Å². The van der Waals surface area contributed by atoms with Gasteiger partial charge in [0.15, 0.2) is 0 Å². The Balaban J connectivity index is 2.02. The highest BCUT2D eigenvalue weighted by molar-refractivity contribution is 7.92. The van der Waals surface area contributed by atoms with Crippen molar-refractivity contribution in [1.29, 1.82) is 0 Å². The molecule has 1 N–H and O–H groups in total. The molecule has 0 bridgehead atoms. The maximum absolute atomic E-state index is 14.0. The summed E-state index contributed by atoms with van der Waals surface area (Å²) in [6.45, 7) is 5.04. The summed E-state index contributed by atoms with van der Waals surface area (Å²) in [5.74, 6) is -0.845. The number of carbonyl (C=O) groups excluding carboxylic acids is 2. The summed E-state index contributed by atoms with van der Waals surface area (Å²) >= 11 is 0. The van der Waals surface area contributed by atoms with Crippen molar-refractivity contribution >= 4 is 27.5 Å². The van der Waals surface area contributed by atoms with E-state index in [0.29, 0.717) is 29.8 Å². The number of halogens is 1. The second kappa shape index (κ2) is 13.9. The molecule has 0 heterocycles. The predicted molar refractivity (Wildman–Crippen MR) is 153 cm³/mol. The minimum Gasteiger partial charge on any atom is -0.497 e. The van der Waals surface area contributed by atoms with Crippen molar-refractivity contribution in [2.45, 2.75) is 57.1 Å². The van der Waals surface area contributed by atoms with Crippen LogP contribution in [0.1, 0.15) is 39.2 Å². The molecule has 3 aromatic rings. The second-order valence-corrected chi connectivity index (χ2v) is 11.3. The van der Waals surface area contributed by atoms with Gasteiger partial charge in [0, 0.05) is 12.6 Å². The molecule has 10 heteroatoms. The molecule has 0 saturated heterocycles. The van der Waals surface area contributed by atoms with Gasteiger partial charge in [-0.2, -0.15) is 0 Å². The fraction of sp³-hybridized carbons (Fsp3) is 0.333. The number of ether oxygens (including phenoxy) is 1. The van der Waals surface area contributed by atoms with Crippen LogP contribution in [0.2, 0.25) is 0 Å². The van der Waals surface area contributed by atoms with Gasteiger partial charge in [0.05, 0.1) is 17.7 Å². The summed E-state index contributed by atoms with van der Waals surface area (Å²) in [5.41, 5.74) is 0.902. The van der Waals surface area contributed by atoms with Crippen molar-refractivity contribution in [1.82, 2.24) is 10.2 Å². The summed E-state index contributed by atoms with van der Waals surface area (Å²) < 4.78 is 47.5. The average molecular weight is 570 g/mol. The normalized spacial score (nSPS) is 12.7. The number of benzene rings is 3. The molecule has 0 aliphatic carbocycles. The van der Waals surface area contributed by atoms with Crippen LogP contribution in [0.15, 0.2) is 83.8 Å². The van der Waals surface area contributed by atoms with Gasteiger partial charge in [-0.1, -0.05) is 44.2 Å². The van der Waals surface area contributed by atoms with Crippen LogP contribution in [0, 0.1) is 5.82 Å². The van der Waals surface area contributed by atoms with Gasteiger partial charge in [0.1, 0.15) is 24.2 Å². The minimum atomic E-state index is -4.18. The van der Waals surface area contributed by atoms with E-state index < -0.39 is 34.3 Å². The van der Waals surface area contributed by atoms with Gasteiger partial charge in [-0.15, -0.1) is 0 Å². The molecule has 0 fully saturated rings. The fourth-order valence-corrected chi connectivity index (χ4v) is 5.56. The molecule has 2 amide bonds. The quantitative estimate of drug-likeness (QED) is 0.321. The summed E-state index contributed by atoms with van der Waals surface area (Å²) in [6.07, 6.45) is 1.00. The lowest BCUT2D eigenvalue weighted by Gasteiger charge is -2.33. The Morgan fingerprint density at radius 2 is 1.55 bits per heavy atom. The number of nitrogens with one attached hydrogen (secondary N) is 1. The molecule has 0 saturated carbocycles. The molecule has 0 unspecified atom stereocenters. The van der Waals surface area contributed by atoms with Crippen LogP contribution >= 0.6 is 0 Å². The molecule has 3 rings (SSSR count). The monoisotopic (exact) mass is 569 g/mol. The van der Waals surface area contributed by atoms with Crippen molar-refractivity contribution in [2.75, 3.05) is 18.0 Å². The van der Waals surface area contributed by atoms with Crippen LogP contribution in [-0.4, -0.2) is 50.9 Å². The fourth-order valence-electron chi connectivity index (χ4n) is 4.15. The SMILES string of the molecule is CC[C@H](C)NC(=O)[C@H](CC)N(Cc1ccc(F)cc1)C(=O)CN(c1ccccc1)S(=O)(=O)c1ccc(OC)cc1. The highest BCUT2D eigenvalue weighted by Crippen LogP contribution is 2.26. The molecule has 0 spiro atoms. The summed E-state index contributed by atoms with van der Waals surface area (Å²) in [6, 6.07) is 18.9. The van der Waals surface area contributed by atoms with E-state index >= 15 is 0 Å². The number of para-hydroxylation sites is 1. The molecular weight excluding hydrogens is 533 g/mol. The Bertz CT molecular complexity index is 1370. The van der Waals surface area contributed by atoms with Crippen LogP contribution in [0.25, 0.3) is 0 Å². The Hall–Kier alpha value is -3.92. The first-order chi connectivity index (χ1) is 19.1. The van der Waals surface area contributed by atoms with Gasteiger partial charge >= 0.3 is 0 Å². The van der Waals surface area contributed by atoms with E-state index in [-0.39, 0.29) is 23.4 Å². The average Bonchev–Trinajstić information content (AvgIpc) is 2.96. The Morgan fingerprint density at radius 3 is 2.10 bits per heavy atom. The first kappa shape index (κ1) is 30.6. The molecular formula is C30H36FN3O5S. The molecule has 8 nitrogen and oxygen atoms in total. The first-order valence-electron chi connectivity index (χ1n) is 13.2. The highest BCUT2D eigenvalue weighted by Gasteiger charge is 2.34. The van der Waals surface area contributed by atoms with Gasteiger partial charge in [0.25, 0.3) is 10.0 Å². The van der Waals surface area contributed by atoms with Gasteiger partial charge in [0.2, 0.25) is 11.8 Å². The largest absolute Gasteiger partial charge is 0.497 e. The molecule has 214 valence electrons. The van der Waals surface area contributed by atoms with Gasteiger partial charge < -0.3 is 15.0 Å². The van der Waals surface area contributed by atoms with Crippen LogP contribution < -0.4 is 14.4 Å².